The average molecular weight is 1110 g/mol. The van der Waals surface area contributed by atoms with Gasteiger partial charge in [0.2, 0.25) is 11.8 Å². The predicted molar refractivity (Wildman–Crippen MR) is 274 cm³/mol. The van der Waals surface area contributed by atoms with Crippen molar-refractivity contribution < 1.29 is 45.5 Å². The van der Waals surface area contributed by atoms with Crippen LogP contribution in [-0.4, -0.2) is 188 Å². The molecule has 2 aromatic carbocycles. The number of allylic oxidation sites excluding steroid dienone is 1. The first-order valence-corrected chi connectivity index (χ1v) is 27.7. The SMILES string of the molecule is CC1=C(C(=O)Nc2ccc3[nH]nc(-c4ccnc(N5CCN(CCN6CCN(CC7CCN(c8ccc9c(c8)C(=O)N(C8CCC(=O)NC8=O)C9=O)CC7)CC6)[C@@H](C)C5)c4)c3c2)C(C)(C)N2N=C[I-]N=C2N1C. The van der Waals surface area contributed by atoms with Crippen molar-refractivity contribution in [2.75, 3.05) is 101 Å². The number of anilines is 3. The fourth-order valence-electron chi connectivity index (χ4n) is 11.8. The van der Waals surface area contributed by atoms with E-state index in [2.05, 4.69) is 58.3 Å². The van der Waals surface area contributed by atoms with Gasteiger partial charge in [0.05, 0.1) is 11.1 Å². The van der Waals surface area contributed by atoms with Crippen molar-refractivity contribution in [1.82, 2.24) is 50.0 Å². The van der Waals surface area contributed by atoms with Crippen LogP contribution in [0.25, 0.3) is 22.2 Å². The van der Waals surface area contributed by atoms with Gasteiger partial charge in [-0.05, 0) is 62.4 Å². The molecule has 0 spiro atoms. The molecule has 4 aromatic rings. The van der Waals surface area contributed by atoms with E-state index in [-0.39, 0.29) is 24.7 Å². The Morgan fingerprint density at radius 1 is 0.863 bits per heavy atom. The number of nitrogens with zero attached hydrogens (tertiary/aromatic N) is 12. The molecule has 20 nitrogen and oxygen atoms in total. The number of benzene rings is 2. The zero-order valence-electron chi connectivity index (χ0n) is 42.1. The zero-order chi connectivity index (χ0) is 50.7. The Labute approximate surface area is 435 Å². The zero-order valence-corrected chi connectivity index (χ0v) is 44.3. The molecule has 0 bridgehead atoms. The summed E-state index contributed by atoms with van der Waals surface area (Å²) in [4.78, 5) is 85.2. The first kappa shape index (κ1) is 48.9. The Morgan fingerprint density at radius 3 is 2.42 bits per heavy atom. The number of aromatic amines is 1. The molecule has 21 heteroatoms. The number of piperazine rings is 2. The molecule has 7 aliphatic rings. The van der Waals surface area contributed by atoms with Crippen LogP contribution in [-0.2, 0) is 14.4 Å². The predicted octanol–water partition coefficient (Wildman–Crippen LogP) is 0.626. The molecule has 3 N–H and O–H groups in total. The third-order valence-electron chi connectivity index (χ3n) is 16.1. The van der Waals surface area contributed by atoms with Crippen LogP contribution >= 0.6 is 0 Å². The first-order valence-electron chi connectivity index (χ1n) is 25.5. The monoisotopic (exact) mass is 1100 g/mol. The Bertz CT molecular complexity index is 2970. The minimum atomic E-state index is -0.964. The fourth-order valence-corrected chi connectivity index (χ4v) is 13.0. The Balaban J connectivity index is 0.634. The number of halogens is 1. The number of fused-ring (bicyclic) bond motifs is 3. The second kappa shape index (κ2) is 19.9. The van der Waals surface area contributed by atoms with Gasteiger partial charge in [-0.2, -0.15) is 0 Å². The summed E-state index contributed by atoms with van der Waals surface area (Å²) in [5, 5.41) is 20.8. The van der Waals surface area contributed by atoms with E-state index in [9.17, 15) is 24.0 Å². The molecular weight excluding hydrogens is 1040 g/mol. The molecule has 2 atom stereocenters. The normalized spacial score (nSPS) is 23.5. The number of hydrogen-bond acceptors (Lipinski definition) is 16. The van der Waals surface area contributed by atoms with Gasteiger partial charge in [-0.25, -0.2) is 4.98 Å². The molecule has 11 rings (SSSR count). The third kappa shape index (κ3) is 9.37. The molecule has 4 saturated heterocycles. The molecule has 5 amide bonds. The summed E-state index contributed by atoms with van der Waals surface area (Å²) in [6.45, 7) is 20.2. The van der Waals surface area contributed by atoms with Crippen molar-refractivity contribution in [3.8, 4) is 11.3 Å². The third-order valence-corrected chi connectivity index (χ3v) is 17.3. The summed E-state index contributed by atoms with van der Waals surface area (Å²) in [5.41, 5.74) is 5.68. The topological polar surface area (TPSA) is 202 Å². The van der Waals surface area contributed by atoms with Gasteiger partial charge in [0.15, 0.2) is 0 Å². The van der Waals surface area contributed by atoms with Gasteiger partial charge in [-0.3, -0.25) is 39.2 Å². The minimum absolute atomic E-state index is 0.0999. The van der Waals surface area contributed by atoms with E-state index in [0.29, 0.717) is 34.3 Å². The summed E-state index contributed by atoms with van der Waals surface area (Å²) in [7, 11) is 1.93. The van der Waals surface area contributed by atoms with E-state index >= 15 is 0 Å². The first-order chi connectivity index (χ1) is 35.2. The number of amides is 5. The number of H-pyrrole nitrogens is 1. The van der Waals surface area contributed by atoms with Gasteiger partial charge in [0, 0.05) is 103 Å². The van der Waals surface area contributed by atoms with E-state index in [1.54, 1.807) is 12.1 Å². The Hall–Kier alpha value is -6.30. The Morgan fingerprint density at radius 2 is 1.64 bits per heavy atom. The maximum atomic E-state index is 14.0. The van der Waals surface area contributed by atoms with Crippen LogP contribution in [0, 0.1) is 5.92 Å². The maximum absolute atomic E-state index is 14.0. The van der Waals surface area contributed by atoms with Crippen molar-refractivity contribution >= 4 is 67.8 Å². The summed E-state index contributed by atoms with van der Waals surface area (Å²) >= 11 is -0.501. The number of hydrogen-bond donors (Lipinski definition) is 3. The molecule has 0 saturated carbocycles. The van der Waals surface area contributed by atoms with Gasteiger partial charge < -0.3 is 14.7 Å². The average Bonchev–Trinajstić information content (AvgIpc) is 3.92. The van der Waals surface area contributed by atoms with E-state index in [1.807, 2.05) is 78.5 Å². The molecular formula is C52H63IN15O5-. The number of hydrazone groups is 1. The standard InChI is InChI=1S/C52H63IN15O5/c1-32-29-66(43-26-35(12-15-54-43)46-40-27-36(6-9-41(40)59-60-46)56-48(71)45-33(2)61(5)51-58-53-31-55-68(51)52(45,3)4)25-24-64(32)23-22-62-18-20-63(21-19-62)30-34-13-16-65(17-14-34)37-7-8-38-39(28-37)50(73)67(49(38)72)42-10-11-44(69)57-47(42)70/h6-9,12,15,26-28,31-32,34,42H,10-11,13-14,16-25,29-30H2,1-5H3,(H,56,71)(H,59,60)(H,57,69,70)/q-1/t32-,42?/m0/s1. The number of nitrogens with one attached hydrogen (secondary N) is 3. The number of pyridine rings is 1. The van der Waals surface area contributed by atoms with Gasteiger partial charge in [0.1, 0.15) is 11.9 Å². The number of carbonyl (C=O) groups is 5. The van der Waals surface area contributed by atoms with Crippen molar-refractivity contribution in [3.05, 3.63) is 77.1 Å². The van der Waals surface area contributed by atoms with Crippen molar-refractivity contribution in [2.24, 2.45) is 14.2 Å². The van der Waals surface area contributed by atoms with Crippen LogP contribution in [0.4, 0.5) is 17.2 Å². The quantitative estimate of drug-likeness (QED) is 0.140. The molecule has 73 heavy (non-hydrogen) atoms. The molecule has 2 aromatic heterocycles. The van der Waals surface area contributed by atoms with Gasteiger partial charge in [-0.1, -0.05) is 0 Å². The molecule has 384 valence electrons. The number of aromatic nitrogens is 3. The number of carbonyl (C=O) groups excluding carboxylic acids is 5. The van der Waals surface area contributed by atoms with E-state index in [1.165, 1.54) is 0 Å². The number of rotatable bonds is 11. The van der Waals surface area contributed by atoms with E-state index in [4.69, 9.17) is 13.3 Å². The number of guanidine groups is 1. The van der Waals surface area contributed by atoms with Crippen LogP contribution < -0.4 is 41.9 Å². The summed E-state index contributed by atoms with van der Waals surface area (Å²) < 4.78 is 6.62. The molecule has 0 aliphatic carbocycles. The number of piperidine rings is 2. The number of imide groups is 2. The molecule has 4 fully saturated rings. The van der Waals surface area contributed by atoms with Crippen molar-refractivity contribution in [3.63, 3.8) is 0 Å². The molecule has 9 heterocycles. The van der Waals surface area contributed by atoms with Gasteiger partial charge in [-0.15, -0.1) is 0 Å². The molecule has 7 aliphatic heterocycles. The van der Waals surface area contributed by atoms with Crippen molar-refractivity contribution in [2.45, 2.75) is 71.0 Å². The van der Waals surface area contributed by atoms with E-state index < -0.39 is 50.8 Å². The summed E-state index contributed by atoms with van der Waals surface area (Å²) in [5.74, 6) is 0.207. The fraction of sp³-hybridized carbons (Fsp3) is 0.481. The Kier molecular flexibility index (Phi) is 13.3. The summed E-state index contributed by atoms with van der Waals surface area (Å²) in [6, 6.07) is 14.8. The second-order valence-corrected chi connectivity index (χ2v) is 22.5. The van der Waals surface area contributed by atoms with Crippen molar-refractivity contribution in [1.29, 1.82) is 0 Å². The van der Waals surface area contributed by atoms with Crippen LogP contribution in [0.3, 0.4) is 0 Å². The van der Waals surface area contributed by atoms with Crippen LogP contribution in [0.5, 0.6) is 0 Å². The second-order valence-electron chi connectivity index (χ2n) is 20.9. The van der Waals surface area contributed by atoms with Gasteiger partial charge in [0.25, 0.3) is 11.8 Å². The van der Waals surface area contributed by atoms with Crippen LogP contribution in [0.15, 0.2) is 74.3 Å². The van der Waals surface area contributed by atoms with Crippen LogP contribution in [0.2, 0.25) is 0 Å². The molecule has 0 radical (unpaired) electrons. The van der Waals surface area contributed by atoms with Crippen LogP contribution in [0.1, 0.15) is 74.1 Å². The van der Waals surface area contributed by atoms with Gasteiger partial charge >= 0.3 is 167 Å². The van der Waals surface area contributed by atoms with E-state index in [0.717, 1.165) is 142 Å². The summed E-state index contributed by atoms with van der Waals surface area (Å²) in [6.07, 6.45) is 4.22. The molecule has 1 unspecified atom stereocenters.